The second-order valence-electron chi connectivity index (χ2n) is 3.64. The van der Waals surface area contributed by atoms with Gasteiger partial charge in [0.25, 0.3) is 0 Å². The highest BCUT2D eigenvalue weighted by molar-refractivity contribution is 6.55. The van der Waals surface area contributed by atoms with Gasteiger partial charge in [-0.1, -0.05) is 18.7 Å². The predicted molar refractivity (Wildman–Crippen MR) is 61.6 cm³/mol. The molecule has 0 atom stereocenters. The fraction of sp³-hybridized carbons (Fsp3) is 0.250. The maximum Gasteiger partial charge on any atom is 0.236 e. The number of rotatable bonds is 4. The van der Waals surface area contributed by atoms with Crippen LogP contribution in [0.3, 0.4) is 0 Å². The first-order chi connectivity index (χ1) is 7.90. The number of aryl methyl sites for hydroxylation is 2. The Labute approximate surface area is 101 Å². The van der Waals surface area contributed by atoms with Gasteiger partial charge in [-0.05, 0) is 30.5 Å². The Kier molecular flexibility index (Phi) is 4.20. The van der Waals surface area contributed by atoms with Crippen molar-refractivity contribution >= 4 is 13.7 Å². The molecule has 0 aliphatic rings. The normalized spacial score (nSPS) is 9.76. The van der Waals surface area contributed by atoms with Crippen molar-refractivity contribution < 1.29 is 19.4 Å². The van der Waals surface area contributed by atoms with Gasteiger partial charge in [0.2, 0.25) is 13.7 Å². The van der Waals surface area contributed by atoms with E-state index in [9.17, 15) is 9.90 Å². The number of hydrogen-bond donors (Lipinski definition) is 0. The molecule has 0 unspecified atom stereocenters. The summed E-state index contributed by atoms with van der Waals surface area (Å²) >= 11 is 0. The maximum absolute atomic E-state index is 10.8. The molecule has 0 N–H and O–H groups in total. The van der Waals surface area contributed by atoms with Crippen LogP contribution in [-0.4, -0.2) is 13.7 Å². The first kappa shape index (κ1) is 13.2. The molecule has 17 heavy (non-hydrogen) atoms. The Balaban J connectivity index is 2.92. The largest absolute Gasteiger partial charge is 0.579 e. The van der Waals surface area contributed by atoms with Gasteiger partial charge in [-0.2, -0.15) is 0 Å². The van der Waals surface area contributed by atoms with E-state index in [0.717, 1.165) is 16.7 Å². The van der Waals surface area contributed by atoms with Crippen molar-refractivity contribution in [2.24, 2.45) is 0 Å². The van der Waals surface area contributed by atoms with E-state index in [4.69, 9.17) is 12.6 Å². The number of ether oxygens (including phenoxy) is 2. The molecule has 5 heteroatoms. The third kappa shape index (κ3) is 3.87. The highest BCUT2D eigenvalue weighted by Gasteiger charge is 2.04. The van der Waals surface area contributed by atoms with Gasteiger partial charge in [0.05, 0.1) is 0 Å². The Morgan fingerprint density at radius 3 is 2.35 bits per heavy atom. The van der Waals surface area contributed by atoms with Crippen LogP contribution in [0.4, 0.5) is 4.79 Å². The number of carbonyl (C=O) groups is 1. The molecule has 0 aromatic heterocycles. The zero-order chi connectivity index (χ0) is 13.0. The highest BCUT2D eigenvalue weighted by atomic mass is 16.6. The second-order valence-corrected chi connectivity index (χ2v) is 3.64. The quantitative estimate of drug-likeness (QED) is 0.579. The van der Waals surface area contributed by atoms with Crippen molar-refractivity contribution in [2.45, 2.75) is 20.5 Å². The van der Waals surface area contributed by atoms with Crippen molar-refractivity contribution in [1.82, 2.24) is 0 Å². The molecular weight excluding hydrogens is 219 g/mol. The molecule has 0 fully saturated rings. The van der Waals surface area contributed by atoms with Crippen LogP contribution < -0.4 is 9.84 Å². The van der Waals surface area contributed by atoms with E-state index in [-0.39, 0.29) is 6.61 Å². The molecule has 0 amide bonds. The van der Waals surface area contributed by atoms with Gasteiger partial charge in [-0.15, -0.1) is 0 Å². The van der Waals surface area contributed by atoms with Gasteiger partial charge in [-0.25, -0.2) is 0 Å². The van der Waals surface area contributed by atoms with E-state index >= 15 is 0 Å². The summed E-state index contributed by atoms with van der Waals surface area (Å²) < 4.78 is 9.65. The fourth-order valence-electron chi connectivity index (χ4n) is 1.55. The molecular formula is C12H12BO4-. The van der Waals surface area contributed by atoms with Crippen LogP contribution >= 0.6 is 0 Å². The molecule has 0 heterocycles. The van der Waals surface area contributed by atoms with Gasteiger partial charge in [-0.3, -0.25) is 4.79 Å². The molecule has 0 spiro atoms. The van der Waals surface area contributed by atoms with Gasteiger partial charge in [0.15, 0.2) is 0 Å². The summed E-state index contributed by atoms with van der Waals surface area (Å²) in [7, 11) is 4.87. The number of carbonyl (C=O) groups excluding carboxylic acids is 1. The SMILES string of the molecule is [B]C(=O)OCc1cc(C)c(OC(=C)[O-])c(C)c1. The van der Waals surface area contributed by atoms with E-state index in [0.29, 0.717) is 5.75 Å². The van der Waals surface area contributed by atoms with E-state index < -0.39 is 11.8 Å². The first-order valence-corrected chi connectivity index (χ1v) is 4.96. The summed E-state index contributed by atoms with van der Waals surface area (Å²) in [6, 6.07) is 3.52. The Morgan fingerprint density at radius 2 is 1.94 bits per heavy atom. The molecule has 1 aromatic carbocycles. The average Bonchev–Trinajstić information content (AvgIpc) is 2.20. The second kappa shape index (κ2) is 5.43. The van der Waals surface area contributed by atoms with E-state index in [1.54, 1.807) is 26.0 Å². The van der Waals surface area contributed by atoms with Crippen molar-refractivity contribution in [3.8, 4) is 5.75 Å². The van der Waals surface area contributed by atoms with Crippen molar-refractivity contribution in [2.75, 3.05) is 0 Å². The zero-order valence-corrected chi connectivity index (χ0v) is 9.78. The predicted octanol–water partition coefficient (Wildman–Crippen LogP) is 1.32. The van der Waals surface area contributed by atoms with E-state index in [1.165, 1.54) is 0 Å². The number of hydrogen-bond acceptors (Lipinski definition) is 4. The molecule has 1 rings (SSSR count). The Hall–Kier alpha value is -1.91. The monoisotopic (exact) mass is 231 g/mol. The third-order valence-corrected chi connectivity index (χ3v) is 2.12. The minimum Gasteiger partial charge on any atom is -0.579 e. The summed E-state index contributed by atoms with van der Waals surface area (Å²) in [4.78, 5) is 10.5. The molecule has 0 aliphatic carbocycles. The van der Waals surface area contributed by atoms with Crippen molar-refractivity contribution in [3.63, 3.8) is 0 Å². The third-order valence-electron chi connectivity index (χ3n) is 2.12. The van der Waals surface area contributed by atoms with Crippen LogP contribution in [0, 0.1) is 13.8 Å². The Morgan fingerprint density at radius 1 is 1.41 bits per heavy atom. The van der Waals surface area contributed by atoms with Crippen LogP contribution in [0.5, 0.6) is 5.75 Å². The summed E-state index contributed by atoms with van der Waals surface area (Å²) in [5.74, 6) is -0.960. The summed E-state index contributed by atoms with van der Waals surface area (Å²) in [6.07, 6.45) is 0. The van der Waals surface area contributed by atoms with Gasteiger partial charge < -0.3 is 14.6 Å². The minimum atomic E-state index is -0.825. The lowest BCUT2D eigenvalue weighted by Crippen LogP contribution is -2.10. The smallest absolute Gasteiger partial charge is 0.236 e. The lowest BCUT2D eigenvalue weighted by Gasteiger charge is -2.20. The summed E-state index contributed by atoms with van der Waals surface area (Å²) in [5, 5.41) is 10.8. The minimum absolute atomic E-state index is 0.0929. The number of benzene rings is 1. The standard InChI is InChI=1S/C12H13BO4/c1-7-4-10(6-16-12(13)15)5-8(2)11(7)17-9(3)14/h4-5,14H,3,6H2,1-2H3/p-1. The fourth-order valence-corrected chi connectivity index (χ4v) is 1.55. The van der Waals surface area contributed by atoms with E-state index in [2.05, 4.69) is 11.3 Å². The summed E-state index contributed by atoms with van der Waals surface area (Å²) in [5.41, 5.74) is 2.32. The lowest BCUT2D eigenvalue weighted by molar-refractivity contribution is -0.341. The van der Waals surface area contributed by atoms with Crippen LogP contribution in [0.2, 0.25) is 0 Å². The maximum atomic E-state index is 10.8. The van der Waals surface area contributed by atoms with Gasteiger partial charge in [0.1, 0.15) is 6.61 Å². The molecule has 88 valence electrons. The van der Waals surface area contributed by atoms with Crippen LogP contribution in [0.15, 0.2) is 24.7 Å². The topological polar surface area (TPSA) is 58.6 Å². The molecule has 2 radical (unpaired) electrons. The first-order valence-electron chi connectivity index (χ1n) is 4.96. The zero-order valence-electron chi connectivity index (χ0n) is 9.78. The Bertz CT molecular complexity index is 431. The molecule has 0 aliphatic heterocycles. The summed E-state index contributed by atoms with van der Waals surface area (Å²) in [6.45, 7) is 6.83. The molecule has 0 saturated carbocycles. The van der Waals surface area contributed by atoms with Crippen LogP contribution in [0.25, 0.3) is 0 Å². The molecule has 1 aromatic rings. The van der Waals surface area contributed by atoms with Crippen molar-refractivity contribution in [1.29, 1.82) is 0 Å². The van der Waals surface area contributed by atoms with Crippen LogP contribution in [-0.2, 0) is 11.3 Å². The highest BCUT2D eigenvalue weighted by Crippen LogP contribution is 2.25. The van der Waals surface area contributed by atoms with Crippen LogP contribution in [0.1, 0.15) is 16.7 Å². The molecule has 0 bridgehead atoms. The van der Waals surface area contributed by atoms with E-state index in [1.807, 2.05) is 0 Å². The lowest BCUT2D eigenvalue weighted by atomic mass is 10.1. The van der Waals surface area contributed by atoms with Gasteiger partial charge >= 0.3 is 0 Å². The van der Waals surface area contributed by atoms with Gasteiger partial charge in [0, 0.05) is 11.7 Å². The molecule has 0 saturated heterocycles. The van der Waals surface area contributed by atoms with Crippen molar-refractivity contribution in [3.05, 3.63) is 41.3 Å². The average molecular weight is 231 g/mol. The molecule has 4 nitrogen and oxygen atoms in total.